The quantitative estimate of drug-likeness (QED) is 0.935. The van der Waals surface area contributed by atoms with Crippen LogP contribution >= 0.6 is 11.6 Å². The minimum absolute atomic E-state index is 0.100. The number of hydrogen-bond acceptors (Lipinski definition) is 4. The van der Waals surface area contributed by atoms with E-state index in [1.165, 1.54) is 6.39 Å². The van der Waals surface area contributed by atoms with Crippen LogP contribution in [0.15, 0.2) is 35.1 Å². The van der Waals surface area contributed by atoms with Gasteiger partial charge in [-0.1, -0.05) is 23.7 Å². The fraction of sp³-hybridized carbons (Fsp3) is 0.412. The Hall–Kier alpha value is -1.85. The minimum atomic E-state index is -0.425. The van der Waals surface area contributed by atoms with E-state index < -0.39 is 6.10 Å². The Morgan fingerprint density at radius 3 is 3.00 bits per heavy atom. The number of aromatic nitrogens is 1. The van der Waals surface area contributed by atoms with E-state index in [0.29, 0.717) is 29.4 Å². The standard InChI is InChI=1S/C17H19ClN2O3/c1-11(21)12-5-4-8-20(9-12)17(22)15-16(23-10-19-15)13-6-2-3-7-14(13)18/h2-3,6-7,10-12,21H,4-5,8-9H2,1H3. The van der Waals surface area contributed by atoms with Crippen molar-refractivity contribution < 1.29 is 14.3 Å². The van der Waals surface area contributed by atoms with Crippen molar-refractivity contribution in [1.82, 2.24) is 9.88 Å². The molecule has 2 unspecified atom stereocenters. The summed E-state index contributed by atoms with van der Waals surface area (Å²) in [6, 6.07) is 7.20. The summed E-state index contributed by atoms with van der Waals surface area (Å²) in [6.45, 7) is 2.96. The lowest BCUT2D eigenvalue weighted by Crippen LogP contribution is -2.43. The minimum Gasteiger partial charge on any atom is -0.443 e. The number of nitrogens with zero attached hydrogens (tertiary/aromatic N) is 2. The van der Waals surface area contributed by atoms with Gasteiger partial charge in [-0.05, 0) is 31.9 Å². The van der Waals surface area contributed by atoms with E-state index in [4.69, 9.17) is 16.0 Å². The lowest BCUT2D eigenvalue weighted by molar-refractivity contribution is 0.0462. The van der Waals surface area contributed by atoms with Gasteiger partial charge in [0.15, 0.2) is 17.8 Å². The average molecular weight is 335 g/mol. The van der Waals surface area contributed by atoms with Gasteiger partial charge in [0.05, 0.1) is 11.1 Å². The molecule has 0 spiro atoms. The molecule has 1 fully saturated rings. The van der Waals surface area contributed by atoms with Crippen LogP contribution in [0.5, 0.6) is 0 Å². The maximum absolute atomic E-state index is 12.8. The number of likely N-dealkylation sites (tertiary alicyclic amines) is 1. The zero-order valence-corrected chi connectivity index (χ0v) is 13.7. The van der Waals surface area contributed by atoms with Crippen molar-refractivity contribution in [3.8, 4) is 11.3 Å². The van der Waals surface area contributed by atoms with Gasteiger partial charge in [-0.15, -0.1) is 0 Å². The van der Waals surface area contributed by atoms with E-state index in [1.807, 2.05) is 12.1 Å². The number of carbonyl (C=O) groups is 1. The highest BCUT2D eigenvalue weighted by Gasteiger charge is 2.30. The highest BCUT2D eigenvalue weighted by atomic mass is 35.5. The fourth-order valence-corrected chi connectivity index (χ4v) is 3.19. The molecule has 1 aliphatic heterocycles. The summed E-state index contributed by atoms with van der Waals surface area (Å²) in [5.74, 6) is 0.308. The van der Waals surface area contributed by atoms with Gasteiger partial charge in [0.2, 0.25) is 0 Å². The average Bonchev–Trinajstić information content (AvgIpc) is 3.04. The molecule has 0 aliphatic carbocycles. The Labute approximate surface area is 139 Å². The Morgan fingerprint density at radius 1 is 1.48 bits per heavy atom. The van der Waals surface area contributed by atoms with Crippen molar-refractivity contribution in [2.45, 2.75) is 25.9 Å². The van der Waals surface area contributed by atoms with E-state index >= 15 is 0 Å². The predicted octanol–water partition coefficient (Wildman–Crippen LogP) is 3.23. The first-order valence-electron chi connectivity index (χ1n) is 7.73. The molecule has 2 heterocycles. The van der Waals surface area contributed by atoms with Crippen molar-refractivity contribution in [3.05, 3.63) is 41.4 Å². The molecule has 5 nitrogen and oxygen atoms in total. The first-order valence-corrected chi connectivity index (χ1v) is 8.11. The lowest BCUT2D eigenvalue weighted by atomic mass is 9.93. The molecule has 1 aliphatic rings. The number of aliphatic hydroxyl groups excluding tert-OH is 1. The normalized spacial score (nSPS) is 19.6. The number of oxazole rings is 1. The Balaban J connectivity index is 1.87. The fourth-order valence-electron chi connectivity index (χ4n) is 2.97. The number of benzene rings is 1. The van der Waals surface area contributed by atoms with Gasteiger partial charge in [0.1, 0.15) is 0 Å². The summed E-state index contributed by atoms with van der Waals surface area (Å²) in [5, 5.41) is 10.3. The Kier molecular flexibility index (Phi) is 4.68. The zero-order valence-electron chi connectivity index (χ0n) is 12.9. The molecule has 1 amide bonds. The second-order valence-corrected chi connectivity index (χ2v) is 6.31. The monoisotopic (exact) mass is 334 g/mol. The van der Waals surface area contributed by atoms with Gasteiger partial charge < -0.3 is 14.4 Å². The number of aliphatic hydroxyl groups is 1. The van der Waals surface area contributed by atoms with Gasteiger partial charge in [-0.3, -0.25) is 4.79 Å². The topological polar surface area (TPSA) is 66.6 Å². The van der Waals surface area contributed by atoms with Crippen molar-refractivity contribution >= 4 is 17.5 Å². The maximum Gasteiger partial charge on any atom is 0.276 e. The third-order valence-electron chi connectivity index (χ3n) is 4.32. The molecule has 1 N–H and O–H groups in total. The zero-order chi connectivity index (χ0) is 16.4. The van der Waals surface area contributed by atoms with Gasteiger partial charge in [-0.25, -0.2) is 4.98 Å². The molecule has 23 heavy (non-hydrogen) atoms. The van der Waals surface area contributed by atoms with E-state index in [-0.39, 0.29) is 17.5 Å². The summed E-state index contributed by atoms with van der Waals surface area (Å²) < 4.78 is 5.43. The van der Waals surface area contributed by atoms with Crippen LogP contribution in [-0.2, 0) is 0 Å². The molecule has 1 aromatic carbocycles. The summed E-state index contributed by atoms with van der Waals surface area (Å²) in [6.07, 6.45) is 2.64. The Morgan fingerprint density at radius 2 is 2.26 bits per heavy atom. The summed E-state index contributed by atoms with van der Waals surface area (Å²) in [4.78, 5) is 18.6. The van der Waals surface area contributed by atoms with Gasteiger partial charge in [-0.2, -0.15) is 0 Å². The first kappa shape index (κ1) is 16.0. The second kappa shape index (κ2) is 6.72. The molecule has 1 saturated heterocycles. The molecule has 0 radical (unpaired) electrons. The van der Waals surface area contributed by atoms with Crippen LogP contribution in [0.4, 0.5) is 0 Å². The van der Waals surface area contributed by atoms with Crippen LogP contribution < -0.4 is 0 Å². The molecule has 122 valence electrons. The molecule has 0 bridgehead atoms. The van der Waals surface area contributed by atoms with E-state index in [2.05, 4.69) is 4.98 Å². The molecule has 2 aromatic rings. The van der Waals surface area contributed by atoms with Crippen molar-refractivity contribution in [2.24, 2.45) is 5.92 Å². The summed E-state index contributed by atoms with van der Waals surface area (Å²) in [5.41, 5.74) is 0.920. The van der Waals surface area contributed by atoms with Crippen molar-refractivity contribution in [1.29, 1.82) is 0 Å². The Bertz CT molecular complexity index is 699. The molecular formula is C17H19ClN2O3. The molecule has 6 heteroatoms. The number of amides is 1. The SMILES string of the molecule is CC(O)C1CCCN(C(=O)c2ncoc2-c2ccccc2Cl)C1. The van der Waals surface area contributed by atoms with Crippen LogP contribution in [-0.4, -0.2) is 40.1 Å². The number of hydrogen-bond donors (Lipinski definition) is 1. The van der Waals surface area contributed by atoms with Crippen molar-refractivity contribution in [3.63, 3.8) is 0 Å². The number of rotatable bonds is 3. The van der Waals surface area contributed by atoms with E-state index in [0.717, 1.165) is 12.8 Å². The molecule has 1 aromatic heterocycles. The largest absolute Gasteiger partial charge is 0.443 e. The van der Waals surface area contributed by atoms with Crippen LogP contribution in [0, 0.1) is 5.92 Å². The lowest BCUT2D eigenvalue weighted by Gasteiger charge is -2.33. The van der Waals surface area contributed by atoms with Gasteiger partial charge >= 0.3 is 0 Å². The van der Waals surface area contributed by atoms with Crippen molar-refractivity contribution in [2.75, 3.05) is 13.1 Å². The second-order valence-electron chi connectivity index (χ2n) is 5.90. The van der Waals surface area contributed by atoms with Crippen LogP contribution in [0.25, 0.3) is 11.3 Å². The third-order valence-corrected chi connectivity index (χ3v) is 4.65. The van der Waals surface area contributed by atoms with Crippen LogP contribution in [0.1, 0.15) is 30.3 Å². The van der Waals surface area contributed by atoms with Gasteiger partial charge in [0, 0.05) is 24.6 Å². The highest BCUT2D eigenvalue weighted by Crippen LogP contribution is 2.31. The molecule has 2 atom stereocenters. The predicted molar refractivity (Wildman–Crippen MR) is 87.3 cm³/mol. The third kappa shape index (κ3) is 3.26. The van der Waals surface area contributed by atoms with Crippen LogP contribution in [0.2, 0.25) is 5.02 Å². The molecule has 0 saturated carbocycles. The first-order chi connectivity index (χ1) is 11.1. The maximum atomic E-state index is 12.8. The van der Waals surface area contributed by atoms with E-state index in [9.17, 15) is 9.90 Å². The van der Waals surface area contributed by atoms with E-state index in [1.54, 1.807) is 24.0 Å². The van der Waals surface area contributed by atoms with Crippen LogP contribution in [0.3, 0.4) is 0 Å². The number of carbonyl (C=O) groups excluding carboxylic acids is 1. The summed E-state index contributed by atoms with van der Waals surface area (Å²) in [7, 11) is 0. The highest BCUT2D eigenvalue weighted by molar-refractivity contribution is 6.33. The number of halogens is 1. The number of piperidine rings is 1. The van der Waals surface area contributed by atoms with Gasteiger partial charge in [0.25, 0.3) is 5.91 Å². The summed E-state index contributed by atoms with van der Waals surface area (Å²) >= 11 is 6.20. The molecule has 3 rings (SSSR count). The smallest absolute Gasteiger partial charge is 0.276 e. The molecular weight excluding hydrogens is 316 g/mol.